The van der Waals surface area contributed by atoms with E-state index in [0.29, 0.717) is 6.54 Å². The molecule has 23 heavy (non-hydrogen) atoms. The molecule has 1 heterocycles. The van der Waals surface area contributed by atoms with Gasteiger partial charge in [-0.3, -0.25) is 4.90 Å². The Hall–Kier alpha value is -1.84. The second-order valence-electron chi connectivity index (χ2n) is 6.50. The van der Waals surface area contributed by atoms with E-state index >= 15 is 0 Å². The minimum Gasteiger partial charge on any atom is -0.387 e. The molecule has 2 aromatic rings. The van der Waals surface area contributed by atoms with Crippen molar-refractivity contribution in [2.45, 2.75) is 20.0 Å². The highest BCUT2D eigenvalue weighted by Crippen LogP contribution is 2.22. The van der Waals surface area contributed by atoms with Crippen molar-refractivity contribution in [2.75, 3.05) is 37.6 Å². The van der Waals surface area contributed by atoms with Gasteiger partial charge in [-0.05, 0) is 31.0 Å². The normalized spacial score (nSPS) is 17.3. The fourth-order valence-electron chi connectivity index (χ4n) is 3.23. The lowest BCUT2D eigenvalue weighted by Crippen LogP contribution is -2.47. The van der Waals surface area contributed by atoms with Gasteiger partial charge < -0.3 is 10.0 Å². The predicted octanol–water partition coefficient (Wildman–Crippen LogP) is 3.16. The second kappa shape index (κ2) is 7.16. The molecule has 0 bridgehead atoms. The number of hydrogen-bond acceptors (Lipinski definition) is 3. The zero-order valence-corrected chi connectivity index (χ0v) is 14.1. The lowest BCUT2D eigenvalue weighted by Gasteiger charge is -2.37. The lowest BCUT2D eigenvalue weighted by atomic mass is 10.1. The molecular formula is C20H26N2O. The van der Waals surface area contributed by atoms with Crippen LogP contribution in [-0.4, -0.2) is 42.7 Å². The van der Waals surface area contributed by atoms with Gasteiger partial charge in [0.25, 0.3) is 0 Å². The molecule has 1 aliphatic rings. The van der Waals surface area contributed by atoms with Gasteiger partial charge in [0, 0.05) is 38.4 Å². The van der Waals surface area contributed by atoms with Gasteiger partial charge in [0.1, 0.15) is 0 Å². The van der Waals surface area contributed by atoms with E-state index in [0.717, 1.165) is 31.7 Å². The molecule has 2 aromatic carbocycles. The molecule has 0 aliphatic carbocycles. The summed E-state index contributed by atoms with van der Waals surface area (Å²) in [5.41, 5.74) is 4.91. The number of aliphatic hydroxyl groups excluding tert-OH is 1. The highest BCUT2D eigenvalue weighted by Gasteiger charge is 2.20. The Labute approximate surface area is 139 Å². The molecule has 1 atom stereocenters. The third-order valence-electron chi connectivity index (χ3n) is 4.72. The van der Waals surface area contributed by atoms with Crippen LogP contribution < -0.4 is 4.90 Å². The zero-order chi connectivity index (χ0) is 16.2. The van der Waals surface area contributed by atoms with Crippen molar-refractivity contribution < 1.29 is 5.11 Å². The van der Waals surface area contributed by atoms with Gasteiger partial charge in [-0.25, -0.2) is 0 Å². The maximum Gasteiger partial charge on any atom is 0.0916 e. The molecule has 1 N–H and O–H groups in total. The van der Waals surface area contributed by atoms with Gasteiger partial charge in [0.2, 0.25) is 0 Å². The Bertz CT molecular complexity index is 630. The van der Waals surface area contributed by atoms with E-state index in [1.165, 1.54) is 16.8 Å². The lowest BCUT2D eigenvalue weighted by molar-refractivity contribution is 0.109. The number of hydrogen-bond donors (Lipinski definition) is 1. The van der Waals surface area contributed by atoms with Crippen LogP contribution in [-0.2, 0) is 0 Å². The van der Waals surface area contributed by atoms with Crippen LogP contribution in [0.3, 0.4) is 0 Å². The first-order valence-electron chi connectivity index (χ1n) is 8.41. The molecule has 0 saturated carbocycles. The smallest absolute Gasteiger partial charge is 0.0916 e. The minimum absolute atomic E-state index is 0.402. The van der Waals surface area contributed by atoms with Crippen molar-refractivity contribution in [3.8, 4) is 0 Å². The van der Waals surface area contributed by atoms with E-state index < -0.39 is 6.10 Å². The van der Waals surface area contributed by atoms with Crippen LogP contribution in [0.4, 0.5) is 5.69 Å². The van der Waals surface area contributed by atoms with Gasteiger partial charge in [-0.15, -0.1) is 0 Å². The standard InChI is InChI=1S/C20H26N2O/c1-16-7-9-18(10-8-16)20(23)15-21-11-13-22(14-12-21)19-6-4-3-5-17(19)2/h3-10,20,23H,11-15H2,1-2H3/t20-/m1/s1. The van der Waals surface area contributed by atoms with Crippen molar-refractivity contribution in [3.05, 3.63) is 65.2 Å². The highest BCUT2D eigenvalue weighted by molar-refractivity contribution is 5.53. The van der Waals surface area contributed by atoms with Crippen LogP contribution in [0.25, 0.3) is 0 Å². The molecule has 122 valence electrons. The summed E-state index contributed by atoms with van der Waals surface area (Å²) in [6.45, 7) is 8.99. The molecule has 1 fully saturated rings. The summed E-state index contributed by atoms with van der Waals surface area (Å²) in [4.78, 5) is 4.81. The average Bonchev–Trinajstić information content (AvgIpc) is 2.57. The van der Waals surface area contributed by atoms with Gasteiger partial charge in [0.15, 0.2) is 0 Å². The van der Waals surface area contributed by atoms with E-state index in [4.69, 9.17) is 0 Å². The molecular weight excluding hydrogens is 284 g/mol. The Kier molecular flexibility index (Phi) is 4.99. The maximum atomic E-state index is 10.4. The van der Waals surface area contributed by atoms with E-state index in [9.17, 15) is 5.11 Å². The Morgan fingerprint density at radius 1 is 0.913 bits per heavy atom. The number of benzene rings is 2. The molecule has 3 rings (SSSR count). The molecule has 1 aliphatic heterocycles. The summed E-state index contributed by atoms with van der Waals surface area (Å²) in [7, 11) is 0. The van der Waals surface area contributed by atoms with Crippen LogP contribution in [0.2, 0.25) is 0 Å². The molecule has 0 unspecified atom stereocenters. The van der Waals surface area contributed by atoms with Gasteiger partial charge in [0.05, 0.1) is 6.10 Å². The summed E-state index contributed by atoms with van der Waals surface area (Å²) in [5.74, 6) is 0. The monoisotopic (exact) mass is 310 g/mol. The Balaban J connectivity index is 1.55. The quantitative estimate of drug-likeness (QED) is 0.940. The number of aryl methyl sites for hydroxylation is 2. The zero-order valence-electron chi connectivity index (χ0n) is 14.1. The summed E-state index contributed by atoms with van der Waals surface area (Å²) in [6, 6.07) is 16.8. The molecule has 0 amide bonds. The van der Waals surface area contributed by atoms with E-state index in [2.05, 4.69) is 60.0 Å². The third kappa shape index (κ3) is 3.92. The number of β-amino-alcohol motifs (C(OH)–C–C–N with tert-alkyl or cyclic N) is 1. The first-order chi connectivity index (χ1) is 11.1. The topological polar surface area (TPSA) is 26.7 Å². The van der Waals surface area contributed by atoms with Gasteiger partial charge in [-0.2, -0.15) is 0 Å². The number of aliphatic hydroxyl groups is 1. The number of nitrogens with zero attached hydrogens (tertiary/aromatic N) is 2. The highest BCUT2D eigenvalue weighted by atomic mass is 16.3. The summed E-state index contributed by atoms with van der Waals surface area (Å²) in [6.07, 6.45) is -0.402. The average molecular weight is 310 g/mol. The summed E-state index contributed by atoms with van der Waals surface area (Å²) < 4.78 is 0. The molecule has 0 aromatic heterocycles. The molecule has 1 saturated heterocycles. The van der Waals surface area contributed by atoms with Gasteiger partial charge >= 0.3 is 0 Å². The first-order valence-corrected chi connectivity index (χ1v) is 8.41. The second-order valence-corrected chi connectivity index (χ2v) is 6.50. The maximum absolute atomic E-state index is 10.4. The first kappa shape index (κ1) is 16.0. The number of piperazine rings is 1. The van der Waals surface area contributed by atoms with Crippen LogP contribution in [0.15, 0.2) is 48.5 Å². The van der Waals surface area contributed by atoms with E-state index in [1.54, 1.807) is 0 Å². The fourth-order valence-corrected chi connectivity index (χ4v) is 3.23. The number of para-hydroxylation sites is 1. The number of rotatable bonds is 4. The van der Waals surface area contributed by atoms with Crippen molar-refractivity contribution >= 4 is 5.69 Å². The summed E-state index contributed by atoms with van der Waals surface area (Å²) >= 11 is 0. The number of anilines is 1. The molecule has 0 spiro atoms. The van der Waals surface area contributed by atoms with Crippen molar-refractivity contribution in [2.24, 2.45) is 0 Å². The van der Waals surface area contributed by atoms with Gasteiger partial charge in [-0.1, -0.05) is 48.0 Å². The molecule has 3 nitrogen and oxygen atoms in total. The molecule has 0 radical (unpaired) electrons. The third-order valence-corrected chi connectivity index (χ3v) is 4.72. The van der Waals surface area contributed by atoms with Crippen LogP contribution in [0.5, 0.6) is 0 Å². The molecule has 3 heteroatoms. The predicted molar refractivity (Wildman–Crippen MR) is 96.0 cm³/mol. The van der Waals surface area contributed by atoms with Crippen molar-refractivity contribution in [1.82, 2.24) is 4.90 Å². The van der Waals surface area contributed by atoms with E-state index in [-0.39, 0.29) is 0 Å². The fraction of sp³-hybridized carbons (Fsp3) is 0.400. The Morgan fingerprint density at radius 3 is 2.22 bits per heavy atom. The van der Waals surface area contributed by atoms with Crippen LogP contribution in [0, 0.1) is 13.8 Å². The summed E-state index contributed by atoms with van der Waals surface area (Å²) in [5, 5.41) is 10.4. The Morgan fingerprint density at radius 2 is 1.57 bits per heavy atom. The van der Waals surface area contributed by atoms with Crippen LogP contribution >= 0.6 is 0 Å². The minimum atomic E-state index is -0.402. The largest absolute Gasteiger partial charge is 0.387 e. The van der Waals surface area contributed by atoms with E-state index in [1.807, 2.05) is 12.1 Å². The van der Waals surface area contributed by atoms with Crippen LogP contribution in [0.1, 0.15) is 22.8 Å². The van der Waals surface area contributed by atoms with Crippen molar-refractivity contribution in [1.29, 1.82) is 0 Å². The van der Waals surface area contributed by atoms with Crippen molar-refractivity contribution in [3.63, 3.8) is 0 Å². The SMILES string of the molecule is Cc1ccc([C@H](O)CN2CCN(c3ccccc3C)CC2)cc1.